The largest absolute Gasteiger partial charge is 0.458 e. The van der Waals surface area contributed by atoms with E-state index in [0.29, 0.717) is 5.92 Å². The van der Waals surface area contributed by atoms with Gasteiger partial charge in [0.25, 0.3) is 0 Å². The summed E-state index contributed by atoms with van der Waals surface area (Å²) in [6, 6.07) is 10.7. The molecule has 1 aromatic carbocycles. The Morgan fingerprint density at radius 2 is 1.55 bits per heavy atom. The normalized spacial score (nSPS) is 21.9. The van der Waals surface area contributed by atoms with Gasteiger partial charge in [0, 0.05) is 0 Å². The first-order chi connectivity index (χ1) is 9.30. The zero-order valence-electron chi connectivity index (χ0n) is 13.5. The van der Waals surface area contributed by atoms with Crippen LogP contribution in [0.2, 0.25) is 6.32 Å². The fraction of sp³-hybridized carbons (Fsp3) is 0.647. The summed E-state index contributed by atoms with van der Waals surface area (Å²) >= 11 is 0. The fourth-order valence-electron chi connectivity index (χ4n) is 2.57. The van der Waals surface area contributed by atoms with E-state index in [0.717, 1.165) is 12.7 Å². The molecule has 1 fully saturated rings. The van der Waals surface area contributed by atoms with Crippen molar-refractivity contribution in [2.75, 3.05) is 0 Å². The van der Waals surface area contributed by atoms with Crippen LogP contribution in [-0.2, 0) is 15.7 Å². The van der Waals surface area contributed by atoms with Gasteiger partial charge in [-0.15, -0.1) is 0 Å². The summed E-state index contributed by atoms with van der Waals surface area (Å²) in [6.07, 6.45) is 3.27. The lowest BCUT2D eigenvalue weighted by molar-refractivity contribution is 0.00578. The predicted molar refractivity (Wildman–Crippen MR) is 84.8 cm³/mol. The summed E-state index contributed by atoms with van der Waals surface area (Å²) in [7, 11) is -0.0641. The van der Waals surface area contributed by atoms with Crippen LogP contribution in [0.1, 0.15) is 46.6 Å². The molecule has 3 heteroatoms. The van der Waals surface area contributed by atoms with Gasteiger partial charge in [-0.3, -0.25) is 0 Å². The molecule has 1 unspecified atom stereocenters. The smallest absolute Gasteiger partial charge is 0.403 e. The molecule has 110 valence electrons. The highest BCUT2D eigenvalue weighted by Gasteiger charge is 2.50. The Morgan fingerprint density at radius 3 is 2.10 bits per heavy atom. The summed E-state index contributed by atoms with van der Waals surface area (Å²) in [6.45, 7) is 10.7. The third kappa shape index (κ3) is 3.65. The van der Waals surface area contributed by atoms with Crippen LogP contribution in [0.5, 0.6) is 0 Å². The van der Waals surface area contributed by atoms with Gasteiger partial charge in [0.15, 0.2) is 0 Å². The van der Waals surface area contributed by atoms with Crippen LogP contribution in [0, 0.1) is 5.92 Å². The first kappa shape index (κ1) is 15.6. The highest BCUT2D eigenvalue weighted by atomic mass is 16.7. The third-order valence-corrected chi connectivity index (χ3v) is 4.67. The molecule has 1 aliphatic heterocycles. The van der Waals surface area contributed by atoms with Gasteiger partial charge in [0.05, 0.1) is 11.2 Å². The lowest BCUT2D eigenvalue weighted by atomic mass is 9.76. The maximum atomic E-state index is 6.06. The van der Waals surface area contributed by atoms with Gasteiger partial charge in [-0.1, -0.05) is 37.3 Å². The average molecular weight is 274 g/mol. The van der Waals surface area contributed by atoms with Crippen LogP contribution >= 0.6 is 0 Å². The molecule has 0 N–H and O–H groups in total. The summed E-state index contributed by atoms with van der Waals surface area (Å²) in [5.41, 5.74) is 0.987. The number of hydrogen-bond acceptors (Lipinski definition) is 2. The molecule has 0 spiro atoms. The number of hydrogen-bond donors (Lipinski definition) is 0. The molecule has 2 nitrogen and oxygen atoms in total. The molecule has 0 amide bonds. The molecule has 0 bridgehead atoms. The molecule has 1 aliphatic rings. The second-order valence-electron chi connectivity index (χ2n) is 7.05. The average Bonchev–Trinajstić information content (AvgIpc) is 2.56. The number of benzene rings is 1. The molecule has 1 heterocycles. The highest BCUT2D eigenvalue weighted by molar-refractivity contribution is 6.45. The summed E-state index contributed by atoms with van der Waals surface area (Å²) < 4.78 is 12.1. The van der Waals surface area contributed by atoms with E-state index < -0.39 is 0 Å². The zero-order valence-corrected chi connectivity index (χ0v) is 13.5. The minimum Gasteiger partial charge on any atom is -0.403 e. The predicted octanol–water partition coefficient (Wildman–Crippen LogP) is 4.35. The minimum absolute atomic E-state index is 0.0641. The van der Waals surface area contributed by atoms with Gasteiger partial charge in [0.2, 0.25) is 0 Å². The van der Waals surface area contributed by atoms with Crippen LogP contribution in [0.25, 0.3) is 0 Å². The first-order valence-electron chi connectivity index (χ1n) is 7.70. The Labute approximate surface area is 124 Å². The molecule has 1 atom stereocenters. The monoisotopic (exact) mass is 274 g/mol. The second-order valence-corrected chi connectivity index (χ2v) is 7.05. The van der Waals surface area contributed by atoms with E-state index >= 15 is 0 Å². The van der Waals surface area contributed by atoms with Crippen molar-refractivity contribution in [1.82, 2.24) is 0 Å². The quantitative estimate of drug-likeness (QED) is 0.743. The summed E-state index contributed by atoms with van der Waals surface area (Å²) in [4.78, 5) is 0. The third-order valence-electron chi connectivity index (χ3n) is 4.67. The molecular formula is C17H27BO2. The molecule has 0 saturated carbocycles. The van der Waals surface area contributed by atoms with Crippen molar-refractivity contribution in [3.63, 3.8) is 0 Å². The molecule has 0 radical (unpaired) electrons. The van der Waals surface area contributed by atoms with Crippen molar-refractivity contribution in [1.29, 1.82) is 0 Å². The van der Waals surface area contributed by atoms with Crippen LogP contribution in [0.4, 0.5) is 0 Å². The van der Waals surface area contributed by atoms with Crippen LogP contribution < -0.4 is 0 Å². The van der Waals surface area contributed by atoms with E-state index in [2.05, 4.69) is 65.0 Å². The van der Waals surface area contributed by atoms with Crippen molar-refractivity contribution >= 4 is 7.12 Å². The van der Waals surface area contributed by atoms with Gasteiger partial charge in [-0.05, 0) is 58.3 Å². The zero-order chi connectivity index (χ0) is 14.8. The van der Waals surface area contributed by atoms with Crippen molar-refractivity contribution < 1.29 is 9.31 Å². The van der Waals surface area contributed by atoms with Gasteiger partial charge in [0.1, 0.15) is 0 Å². The Kier molecular flexibility index (Phi) is 4.60. The first-order valence-corrected chi connectivity index (χ1v) is 7.70. The minimum atomic E-state index is -0.211. The molecule has 1 saturated heterocycles. The second kappa shape index (κ2) is 5.91. The Bertz CT molecular complexity index is 412. The number of rotatable bonds is 5. The summed E-state index contributed by atoms with van der Waals surface area (Å²) in [5, 5.41) is 0. The van der Waals surface area contributed by atoms with E-state index in [-0.39, 0.29) is 18.3 Å². The van der Waals surface area contributed by atoms with Crippen LogP contribution in [0.15, 0.2) is 30.3 Å². The maximum Gasteiger partial charge on any atom is 0.458 e. The van der Waals surface area contributed by atoms with Gasteiger partial charge in [-0.25, -0.2) is 0 Å². The van der Waals surface area contributed by atoms with Crippen LogP contribution in [-0.4, -0.2) is 18.3 Å². The highest BCUT2D eigenvalue weighted by Crippen LogP contribution is 2.38. The van der Waals surface area contributed by atoms with E-state index in [4.69, 9.17) is 9.31 Å². The molecule has 20 heavy (non-hydrogen) atoms. The lowest BCUT2D eigenvalue weighted by Crippen LogP contribution is -2.41. The van der Waals surface area contributed by atoms with E-state index in [1.165, 1.54) is 12.0 Å². The molecule has 0 aromatic heterocycles. The number of aryl methyl sites for hydroxylation is 1. The topological polar surface area (TPSA) is 18.5 Å². The van der Waals surface area contributed by atoms with Gasteiger partial charge in [-0.2, -0.15) is 0 Å². The molecular weight excluding hydrogens is 247 g/mol. The Balaban J connectivity index is 1.80. The Hall–Kier alpha value is -0.795. The molecule has 1 aromatic rings. The van der Waals surface area contributed by atoms with Crippen molar-refractivity contribution in [2.24, 2.45) is 5.92 Å². The van der Waals surface area contributed by atoms with E-state index in [9.17, 15) is 0 Å². The fourth-order valence-corrected chi connectivity index (χ4v) is 2.57. The lowest BCUT2D eigenvalue weighted by Gasteiger charge is -2.32. The SMILES string of the molecule is CC(CCc1ccccc1)CB1OC(C)(C)C(C)(C)O1. The van der Waals surface area contributed by atoms with Crippen molar-refractivity contribution in [3.05, 3.63) is 35.9 Å². The Morgan fingerprint density at radius 1 is 1.00 bits per heavy atom. The van der Waals surface area contributed by atoms with Gasteiger partial charge >= 0.3 is 7.12 Å². The standard InChI is InChI=1S/C17H27BO2/c1-14(11-12-15-9-7-6-8-10-15)13-18-19-16(2,3)17(4,5)20-18/h6-10,14H,11-13H2,1-5H3. The van der Waals surface area contributed by atoms with Crippen molar-refractivity contribution in [3.8, 4) is 0 Å². The van der Waals surface area contributed by atoms with Crippen LogP contribution in [0.3, 0.4) is 0 Å². The van der Waals surface area contributed by atoms with Gasteiger partial charge < -0.3 is 9.31 Å². The molecule has 2 rings (SSSR count). The summed E-state index contributed by atoms with van der Waals surface area (Å²) in [5.74, 6) is 0.602. The van der Waals surface area contributed by atoms with Crippen molar-refractivity contribution in [2.45, 2.75) is 65.0 Å². The van der Waals surface area contributed by atoms with E-state index in [1.54, 1.807) is 0 Å². The van der Waals surface area contributed by atoms with E-state index in [1.807, 2.05) is 0 Å². The maximum absolute atomic E-state index is 6.06. The molecule has 0 aliphatic carbocycles.